The third-order valence-corrected chi connectivity index (χ3v) is 12.2. The Kier molecular flexibility index (Phi) is 9.54. The summed E-state index contributed by atoms with van der Waals surface area (Å²) in [6, 6.07) is 54.7. The average Bonchev–Trinajstić information content (AvgIpc) is 3.75. The molecule has 2 heterocycles. The molecule has 0 fully saturated rings. The van der Waals surface area contributed by atoms with Crippen LogP contribution in [0.5, 0.6) is 0 Å². The van der Waals surface area contributed by atoms with Crippen LogP contribution in [0.25, 0.3) is 74.4 Å². The largest absolute Gasteiger partial charge is 0.456 e. The SMILES string of the molecule is CC(C)(C)c1ccc2c3ccccc3c3ccccc3c2c1.CC(C)(C)c1ccc2oc3ccccc3c2c1.CC(C)(C)c1ccc2sc3ccccc3c2c1. The van der Waals surface area contributed by atoms with Crippen LogP contribution in [-0.2, 0) is 16.2 Å². The summed E-state index contributed by atoms with van der Waals surface area (Å²) < 4.78 is 8.59. The second-order valence-electron chi connectivity index (χ2n) is 18.2. The molecule has 0 unspecified atom stereocenters. The van der Waals surface area contributed by atoms with Crippen molar-refractivity contribution in [3.05, 3.63) is 168 Å². The van der Waals surface area contributed by atoms with Gasteiger partial charge < -0.3 is 4.42 Å². The lowest BCUT2D eigenvalue weighted by Gasteiger charge is -2.20. The van der Waals surface area contributed by atoms with E-state index in [4.69, 9.17) is 4.42 Å². The lowest BCUT2D eigenvalue weighted by molar-refractivity contribution is 0.590. The number of hydrogen-bond donors (Lipinski definition) is 0. The quantitative estimate of drug-likeness (QED) is 0.141. The first kappa shape index (κ1) is 37.5. The summed E-state index contributed by atoms with van der Waals surface area (Å²) in [7, 11) is 0. The molecule has 0 radical (unpaired) electrons. The van der Waals surface area contributed by atoms with Crippen molar-refractivity contribution >= 4 is 85.8 Å². The molecule has 0 saturated heterocycles. The number of para-hydroxylation sites is 1. The molecule has 0 aliphatic rings. The Balaban J connectivity index is 0.000000120. The summed E-state index contributed by atoms with van der Waals surface area (Å²) in [4.78, 5) is 0. The first-order chi connectivity index (χ1) is 26.7. The van der Waals surface area contributed by atoms with Crippen molar-refractivity contribution in [2.45, 2.75) is 78.6 Å². The van der Waals surface area contributed by atoms with E-state index < -0.39 is 0 Å². The molecule has 280 valence electrons. The van der Waals surface area contributed by atoms with Crippen LogP contribution in [0.1, 0.15) is 79.0 Å². The standard InChI is InChI=1S/C22H20.C16H16O.C16H16S/c1-22(2,3)15-12-13-20-18-10-5-4-8-16(18)17-9-6-7-11-19(17)21(20)14-15;2*1-16(2,3)11-8-9-15-13(10-11)12-6-4-5-7-14(12)17-15/h4-14H,1-3H3;2*4-10H,1-3H3. The van der Waals surface area contributed by atoms with Gasteiger partial charge in [0.05, 0.1) is 0 Å². The van der Waals surface area contributed by atoms with Crippen LogP contribution in [0, 0.1) is 0 Å². The maximum atomic E-state index is 5.82. The molecule has 0 N–H and O–H groups in total. The van der Waals surface area contributed by atoms with E-state index >= 15 is 0 Å². The monoisotopic (exact) mass is 748 g/mol. The number of thiophene rings is 1. The molecule has 0 aliphatic heterocycles. The normalized spacial score (nSPS) is 12.4. The molecule has 0 amide bonds. The molecule has 0 bridgehead atoms. The predicted molar refractivity (Wildman–Crippen MR) is 248 cm³/mol. The molecule has 0 aliphatic carbocycles. The molecule has 10 aromatic rings. The Hall–Kier alpha value is -5.44. The van der Waals surface area contributed by atoms with E-state index in [0.29, 0.717) is 0 Å². The van der Waals surface area contributed by atoms with Crippen molar-refractivity contribution in [2.24, 2.45) is 0 Å². The lowest BCUT2D eigenvalue weighted by atomic mass is 9.84. The van der Waals surface area contributed by atoms with Crippen LogP contribution < -0.4 is 0 Å². The number of hydrogen-bond acceptors (Lipinski definition) is 2. The van der Waals surface area contributed by atoms with Crippen molar-refractivity contribution in [3.8, 4) is 0 Å². The van der Waals surface area contributed by atoms with Crippen molar-refractivity contribution < 1.29 is 4.42 Å². The summed E-state index contributed by atoms with van der Waals surface area (Å²) in [6.45, 7) is 20.3. The lowest BCUT2D eigenvalue weighted by Crippen LogP contribution is -2.10. The van der Waals surface area contributed by atoms with Gasteiger partial charge in [0.25, 0.3) is 0 Å². The summed E-state index contributed by atoms with van der Waals surface area (Å²) >= 11 is 1.88. The Morgan fingerprint density at radius 3 is 1.25 bits per heavy atom. The molecule has 0 spiro atoms. The van der Waals surface area contributed by atoms with Crippen molar-refractivity contribution in [1.29, 1.82) is 0 Å². The van der Waals surface area contributed by atoms with Gasteiger partial charge in [0.2, 0.25) is 0 Å². The van der Waals surface area contributed by atoms with Crippen molar-refractivity contribution in [1.82, 2.24) is 0 Å². The minimum Gasteiger partial charge on any atom is -0.456 e. The minimum atomic E-state index is 0.168. The molecule has 8 aromatic carbocycles. The smallest absolute Gasteiger partial charge is 0.135 e. The van der Waals surface area contributed by atoms with E-state index in [1.165, 1.54) is 80.0 Å². The number of benzene rings is 8. The van der Waals surface area contributed by atoms with E-state index in [0.717, 1.165) is 11.2 Å². The number of rotatable bonds is 0. The maximum absolute atomic E-state index is 5.82. The van der Waals surface area contributed by atoms with Gasteiger partial charge in [-0.2, -0.15) is 0 Å². The molecule has 56 heavy (non-hydrogen) atoms. The van der Waals surface area contributed by atoms with Crippen LogP contribution in [0.3, 0.4) is 0 Å². The van der Waals surface area contributed by atoms with Gasteiger partial charge in [-0.15, -0.1) is 11.3 Å². The highest BCUT2D eigenvalue weighted by Crippen LogP contribution is 2.38. The highest BCUT2D eigenvalue weighted by molar-refractivity contribution is 7.25. The van der Waals surface area contributed by atoms with Gasteiger partial charge in [-0.25, -0.2) is 0 Å². The third kappa shape index (κ3) is 7.19. The van der Waals surface area contributed by atoms with Crippen LogP contribution >= 0.6 is 11.3 Å². The van der Waals surface area contributed by atoms with Crippen molar-refractivity contribution in [2.75, 3.05) is 0 Å². The molecule has 2 heteroatoms. The predicted octanol–water partition coefficient (Wildman–Crippen LogP) is 16.7. The fourth-order valence-electron chi connectivity index (χ4n) is 7.76. The van der Waals surface area contributed by atoms with Gasteiger partial charge in [0.1, 0.15) is 11.2 Å². The van der Waals surface area contributed by atoms with E-state index in [2.05, 4.69) is 202 Å². The summed E-state index contributed by atoms with van der Waals surface area (Å²) in [5, 5.41) is 13.3. The third-order valence-electron chi connectivity index (χ3n) is 11.1. The van der Waals surface area contributed by atoms with E-state index in [1.54, 1.807) is 0 Å². The molecule has 2 aromatic heterocycles. The first-order valence-electron chi connectivity index (χ1n) is 19.8. The van der Waals surface area contributed by atoms with Gasteiger partial charge >= 0.3 is 0 Å². The zero-order chi connectivity index (χ0) is 39.4. The number of furan rings is 1. The Labute approximate surface area is 335 Å². The van der Waals surface area contributed by atoms with Crippen LogP contribution in [-0.4, -0.2) is 0 Å². The van der Waals surface area contributed by atoms with Gasteiger partial charge in [-0.3, -0.25) is 0 Å². The highest BCUT2D eigenvalue weighted by atomic mass is 32.1. The minimum absolute atomic E-state index is 0.168. The van der Waals surface area contributed by atoms with E-state index in [1.807, 2.05) is 23.5 Å². The molecule has 10 rings (SSSR count). The highest BCUT2D eigenvalue weighted by Gasteiger charge is 2.18. The van der Waals surface area contributed by atoms with Gasteiger partial charge in [-0.1, -0.05) is 172 Å². The first-order valence-corrected chi connectivity index (χ1v) is 20.7. The second kappa shape index (κ2) is 14.3. The van der Waals surface area contributed by atoms with Gasteiger partial charge in [0, 0.05) is 30.9 Å². The summed E-state index contributed by atoms with van der Waals surface area (Å²) in [6.07, 6.45) is 0. The van der Waals surface area contributed by atoms with E-state index in [9.17, 15) is 0 Å². The molecule has 1 nitrogen and oxygen atoms in total. The molecular formula is C54H52OS. The zero-order valence-electron chi connectivity index (χ0n) is 34.3. The molecular weight excluding hydrogens is 697 g/mol. The maximum Gasteiger partial charge on any atom is 0.135 e. The Morgan fingerprint density at radius 2 is 0.679 bits per heavy atom. The summed E-state index contributed by atoms with van der Waals surface area (Å²) in [5.41, 5.74) is 6.64. The topological polar surface area (TPSA) is 13.1 Å². The van der Waals surface area contributed by atoms with E-state index in [-0.39, 0.29) is 16.2 Å². The molecule has 0 saturated carbocycles. The van der Waals surface area contributed by atoms with Crippen molar-refractivity contribution in [3.63, 3.8) is 0 Å². The fraction of sp³-hybridized carbons (Fsp3) is 0.222. The Bertz CT molecular complexity index is 2860. The van der Waals surface area contributed by atoms with Crippen LogP contribution in [0.15, 0.2) is 156 Å². The Morgan fingerprint density at radius 1 is 0.304 bits per heavy atom. The molecule has 0 atom stereocenters. The van der Waals surface area contributed by atoms with Crippen LogP contribution in [0.2, 0.25) is 0 Å². The van der Waals surface area contributed by atoms with Gasteiger partial charge in [0.15, 0.2) is 0 Å². The fourth-order valence-corrected chi connectivity index (χ4v) is 8.85. The van der Waals surface area contributed by atoms with Crippen LogP contribution in [0.4, 0.5) is 0 Å². The number of fused-ring (bicyclic) bond motifs is 12. The summed E-state index contributed by atoms with van der Waals surface area (Å²) in [5.74, 6) is 0. The zero-order valence-corrected chi connectivity index (χ0v) is 35.1. The average molecular weight is 749 g/mol. The van der Waals surface area contributed by atoms with Gasteiger partial charge in [-0.05, 0) is 108 Å². The second-order valence-corrected chi connectivity index (χ2v) is 19.3.